The van der Waals surface area contributed by atoms with E-state index in [-0.39, 0.29) is 0 Å². The van der Waals surface area contributed by atoms with Gasteiger partial charge in [0.05, 0.1) is 0 Å². The Kier molecular flexibility index (Phi) is 15.5. The number of hydrogen-bond donors (Lipinski definition) is 0. The SMILES string of the molecule is CCCCC(CC)CC(CC)CC(CC)CC(CC)CCCC. The molecule has 0 heteroatoms. The zero-order chi connectivity index (χ0) is 17.5. The summed E-state index contributed by atoms with van der Waals surface area (Å²) in [6.45, 7) is 14.3. The minimum absolute atomic E-state index is 0.977. The molecule has 0 rings (SSSR count). The van der Waals surface area contributed by atoms with E-state index in [1.807, 2.05) is 0 Å². The van der Waals surface area contributed by atoms with Crippen molar-refractivity contribution >= 4 is 0 Å². The van der Waals surface area contributed by atoms with E-state index >= 15 is 0 Å². The smallest absolute Gasteiger partial charge is 0.0412 e. The highest BCUT2D eigenvalue weighted by molar-refractivity contribution is 4.72. The topological polar surface area (TPSA) is 0 Å². The Morgan fingerprint density at radius 2 is 0.739 bits per heavy atom. The van der Waals surface area contributed by atoms with Crippen LogP contribution in [0.5, 0.6) is 0 Å². The molecule has 4 unspecified atom stereocenters. The second-order valence-electron chi connectivity index (χ2n) is 8.09. The van der Waals surface area contributed by atoms with E-state index in [4.69, 9.17) is 0 Å². The first kappa shape index (κ1) is 23.0. The summed E-state index contributed by atoms with van der Waals surface area (Å²) >= 11 is 0. The molecule has 140 valence electrons. The molecule has 0 N–H and O–H groups in total. The third-order valence-corrected chi connectivity index (χ3v) is 6.24. The van der Waals surface area contributed by atoms with Gasteiger partial charge in [-0.1, -0.05) is 106 Å². The molecule has 0 aliphatic rings. The van der Waals surface area contributed by atoms with Crippen LogP contribution in [0.4, 0.5) is 0 Å². The van der Waals surface area contributed by atoms with Crippen LogP contribution in [0.15, 0.2) is 0 Å². The predicted molar refractivity (Wildman–Crippen MR) is 108 cm³/mol. The first-order valence-corrected chi connectivity index (χ1v) is 11.1. The average molecular weight is 325 g/mol. The van der Waals surface area contributed by atoms with Gasteiger partial charge in [0.2, 0.25) is 0 Å². The van der Waals surface area contributed by atoms with Gasteiger partial charge in [-0.3, -0.25) is 0 Å². The fraction of sp³-hybridized carbons (Fsp3) is 1.00. The molecular formula is C23H48. The molecule has 0 saturated heterocycles. The average Bonchev–Trinajstić information content (AvgIpc) is 2.59. The van der Waals surface area contributed by atoms with Crippen molar-refractivity contribution in [2.75, 3.05) is 0 Å². The molecule has 0 heterocycles. The molecule has 0 spiro atoms. The Morgan fingerprint density at radius 3 is 1.00 bits per heavy atom. The lowest BCUT2D eigenvalue weighted by Gasteiger charge is -2.28. The fourth-order valence-corrected chi connectivity index (χ4v) is 4.24. The highest BCUT2D eigenvalue weighted by Crippen LogP contribution is 2.33. The minimum Gasteiger partial charge on any atom is -0.0654 e. The molecule has 0 aromatic carbocycles. The third kappa shape index (κ3) is 11.2. The van der Waals surface area contributed by atoms with Crippen molar-refractivity contribution in [1.29, 1.82) is 0 Å². The molecule has 0 aromatic heterocycles. The zero-order valence-corrected chi connectivity index (χ0v) is 17.5. The van der Waals surface area contributed by atoms with Gasteiger partial charge in [-0.15, -0.1) is 0 Å². The number of hydrogen-bond acceptors (Lipinski definition) is 0. The van der Waals surface area contributed by atoms with Gasteiger partial charge in [0.1, 0.15) is 0 Å². The summed E-state index contributed by atoms with van der Waals surface area (Å²) in [6.07, 6.45) is 18.6. The summed E-state index contributed by atoms with van der Waals surface area (Å²) in [6, 6.07) is 0. The van der Waals surface area contributed by atoms with Gasteiger partial charge >= 0.3 is 0 Å². The maximum absolute atomic E-state index is 2.43. The summed E-state index contributed by atoms with van der Waals surface area (Å²) < 4.78 is 0. The summed E-state index contributed by atoms with van der Waals surface area (Å²) in [7, 11) is 0. The maximum Gasteiger partial charge on any atom is -0.0412 e. The molecule has 0 amide bonds. The highest BCUT2D eigenvalue weighted by Gasteiger charge is 2.20. The molecule has 0 aromatic rings. The third-order valence-electron chi connectivity index (χ3n) is 6.24. The summed E-state index contributed by atoms with van der Waals surface area (Å²) in [4.78, 5) is 0. The van der Waals surface area contributed by atoms with Crippen LogP contribution in [0.1, 0.15) is 125 Å². The van der Waals surface area contributed by atoms with Gasteiger partial charge in [-0.25, -0.2) is 0 Å². The van der Waals surface area contributed by atoms with Crippen molar-refractivity contribution in [3.63, 3.8) is 0 Å². The molecule has 4 atom stereocenters. The van der Waals surface area contributed by atoms with Crippen LogP contribution in [0.25, 0.3) is 0 Å². The number of unbranched alkanes of at least 4 members (excludes halogenated alkanes) is 2. The molecule has 0 nitrogen and oxygen atoms in total. The van der Waals surface area contributed by atoms with E-state index in [0.29, 0.717) is 0 Å². The predicted octanol–water partition coefficient (Wildman–Crippen LogP) is 8.64. The summed E-state index contributed by atoms with van der Waals surface area (Å²) in [5.41, 5.74) is 0. The second-order valence-corrected chi connectivity index (χ2v) is 8.09. The van der Waals surface area contributed by atoms with Crippen LogP contribution < -0.4 is 0 Å². The van der Waals surface area contributed by atoms with Crippen molar-refractivity contribution in [2.45, 2.75) is 125 Å². The first-order valence-electron chi connectivity index (χ1n) is 11.1. The van der Waals surface area contributed by atoms with Gasteiger partial charge < -0.3 is 0 Å². The molecular weight excluding hydrogens is 276 g/mol. The quantitative estimate of drug-likeness (QED) is 0.266. The zero-order valence-electron chi connectivity index (χ0n) is 17.5. The maximum atomic E-state index is 2.43. The van der Waals surface area contributed by atoms with Crippen LogP contribution in [0.2, 0.25) is 0 Å². The van der Waals surface area contributed by atoms with E-state index < -0.39 is 0 Å². The van der Waals surface area contributed by atoms with Crippen LogP contribution in [-0.2, 0) is 0 Å². The Morgan fingerprint density at radius 1 is 0.435 bits per heavy atom. The highest BCUT2D eigenvalue weighted by atomic mass is 14.3. The number of rotatable bonds is 16. The van der Waals surface area contributed by atoms with Crippen LogP contribution >= 0.6 is 0 Å². The summed E-state index contributed by atoms with van der Waals surface area (Å²) in [5, 5.41) is 0. The first-order chi connectivity index (χ1) is 11.1. The molecule has 0 aliphatic carbocycles. The molecule has 0 saturated carbocycles. The molecule has 0 fully saturated rings. The molecule has 0 aliphatic heterocycles. The van der Waals surface area contributed by atoms with Crippen LogP contribution in [0, 0.1) is 23.7 Å². The van der Waals surface area contributed by atoms with Gasteiger partial charge in [0.15, 0.2) is 0 Å². The Balaban J connectivity index is 4.41. The normalized spacial score (nSPS) is 17.0. The van der Waals surface area contributed by atoms with Crippen molar-refractivity contribution in [1.82, 2.24) is 0 Å². The Hall–Kier alpha value is 0. The largest absolute Gasteiger partial charge is 0.0654 e. The van der Waals surface area contributed by atoms with E-state index in [2.05, 4.69) is 41.5 Å². The molecule has 0 radical (unpaired) electrons. The Bertz CT molecular complexity index is 208. The standard InChI is InChI=1S/C23H48/c1-7-13-15-20(9-3)17-22(11-5)19-23(12-6)18-21(10-4)16-14-8-2/h20-23H,7-19H2,1-6H3. The van der Waals surface area contributed by atoms with Gasteiger partial charge in [0, 0.05) is 0 Å². The minimum atomic E-state index is 0.977. The molecule has 0 bridgehead atoms. The van der Waals surface area contributed by atoms with E-state index in [0.717, 1.165) is 23.7 Å². The van der Waals surface area contributed by atoms with Crippen molar-refractivity contribution in [2.24, 2.45) is 23.7 Å². The lowest BCUT2D eigenvalue weighted by atomic mass is 9.78. The van der Waals surface area contributed by atoms with Crippen molar-refractivity contribution < 1.29 is 0 Å². The van der Waals surface area contributed by atoms with E-state index in [1.165, 1.54) is 83.5 Å². The van der Waals surface area contributed by atoms with Gasteiger partial charge in [-0.05, 0) is 42.9 Å². The van der Waals surface area contributed by atoms with Crippen LogP contribution in [0.3, 0.4) is 0 Å². The lowest BCUT2D eigenvalue weighted by molar-refractivity contribution is 0.240. The van der Waals surface area contributed by atoms with Gasteiger partial charge in [-0.2, -0.15) is 0 Å². The summed E-state index contributed by atoms with van der Waals surface area (Å²) in [5.74, 6) is 3.93. The fourth-order valence-electron chi connectivity index (χ4n) is 4.24. The molecule has 23 heavy (non-hydrogen) atoms. The van der Waals surface area contributed by atoms with Crippen LogP contribution in [-0.4, -0.2) is 0 Å². The monoisotopic (exact) mass is 324 g/mol. The second kappa shape index (κ2) is 15.5. The van der Waals surface area contributed by atoms with Crippen molar-refractivity contribution in [3.05, 3.63) is 0 Å². The van der Waals surface area contributed by atoms with Gasteiger partial charge in [0.25, 0.3) is 0 Å². The Labute approximate surface area is 149 Å². The lowest BCUT2D eigenvalue weighted by Crippen LogP contribution is -2.15. The van der Waals surface area contributed by atoms with Crippen molar-refractivity contribution in [3.8, 4) is 0 Å². The van der Waals surface area contributed by atoms with E-state index in [9.17, 15) is 0 Å². The van der Waals surface area contributed by atoms with E-state index in [1.54, 1.807) is 0 Å².